The van der Waals surface area contributed by atoms with Crippen LogP contribution < -0.4 is 0 Å². The minimum absolute atomic E-state index is 0.0805. The highest BCUT2D eigenvalue weighted by molar-refractivity contribution is 5.84. The number of amides is 2. The van der Waals surface area contributed by atoms with E-state index in [-0.39, 0.29) is 23.3 Å². The maximum absolute atomic E-state index is 12.8. The molecule has 128 valence electrons. The Kier molecular flexibility index (Phi) is 3.64. The molecule has 0 unspecified atom stereocenters. The van der Waals surface area contributed by atoms with Crippen LogP contribution in [-0.4, -0.2) is 54.5 Å². The number of fused-ring (bicyclic) bond motifs is 1. The van der Waals surface area contributed by atoms with Crippen molar-refractivity contribution >= 4 is 11.8 Å². The number of likely N-dealkylation sites (tertiary alicyclic amines) is 2. The molecule has 0 bridgehead atoms. The number of rotatable bonds is 2. The third-order valence-corrected chi connectivity index (χ3v) is 5.85. The van der Waals surface area contributed by atoms with Gasteiger partial charge >= 0.3 is 0 Å². The Bertz CT molecular complexity index is 656. The van der Waals surface area contributed by atoms with Crippen molar-refractivity contribution in [3.05, 3.63) is 35.9 Å². The first-order chi connectivity index (χ1) is 11.5. The zero-order valence-corrected chi connectivity index (χ0v) is 14.3. The minimum atomic E-state index is -0.346. The second kappa shape index (κ2) is 5.59. The van der Waals surface area contributed by atoms with Gasteiger partial charge < -0.3 is 14.5 Å². The Labute approximate surface area is 142 Å². The smallest absolute Gasteiger partial charge is 0.233 e. The van der Waals surface area contributed by atoms with E-state index in [0.717, 1.165) is 19.6 Å². The van der Waals surface area contributed by atoms with E-state index in [2.05, 4.69) is 12.1 Å². The van der Waals surface area contributed by atoms with Crippen molar-refractivity contribution in [3.63, 3.8) is 0 Å². The molecular weight excluding hydrogens is 304 g/mol. The van der Waals surface area contributed by atoms with Crippen molar-refractivity contribution in [2.75, 3.05) is 32.8 Å². The van der Waals surface area contributed by atoms with Gasteiger partial charge in [-0.15, -0.1) is 0 Å². The molecule has 2 amide bonds. The zero-order chi connectivity index (χ0) is 16.9. The normalized spacial score (nSPS) is 30.8. The molecule has 0 aromatic heterocycles. The van der Waals surface area contributed by atoms with E-state index in [1.165, 1.54) is 5.56 Å². The Hall–Kier alpha value is -1.88. The van der Waals surface area contributed by atoms with Crippen LogP contribution in [0.1, 0.15) is 25.5 Å². The molecule has 3 aliphatic rings. The van der Waals surface area contributed by atoms with Crippen molar-refractivity contribution in [1.29, 1.82) is 0 Å². The summed E-state index contributed by atoms with van der Waals surface area (Å²) in [5.74, 6) is 1.03. The van der Waals surface area contributed by atoms with Crippen molar-refractivity contribution in [2.45, 2.75) is 19.9 Å². The molecule has 4 rings (SSSR count). The lowest BCUT2D eigenvalue weighted by atomic mass is 9.87. The lowest BCUT2D eigenvalue weighted by molar-refractivity contribution is -0.168. The number of carbonyl (C=O) groups excluding carboxylic acids is 2. The Balaban J connectivity index is 1.57. The van der Waals surface area contributed by atoms with Crippen LogP contribution in [0.5, 0.6) is 0 Å². The summed E-state index contributed by atoms with van der Waals surface area (Å²) in [4.78, 5) is 28.9. The molecule has 1 aromatic carbocycles. The number of hydrogen-bond donors (Lipinski definition) is 0. The first kappa shape index (κ1) is 15.6. The average Bonchev–Trinajstić information content (AvgIpc) is 3.10. The quantitative estimate of drug-likeness (QED) is 0.830. The molecule has 3 saturated heterocycles. The molecule has 3 atom stereocenters. The van der Waals surface area contributed by atoms with Crippen LogP contribution in [0.4, 0.5) is 0 Å². The molecule has 3 fully saturated rings. The van der Waals surface area contributed by atoms with E-state index in [1.807, 2.05) is 34.9 Å². The van der Waals surface area contributed by atoms with Gasteiger partial charge in [-0.3, -0.25) is 9.59 Å². The number of nitrogens with zero attached hydrogens (tertiary/aromatic N) is 2. The predicted octanol–water partition coefficient (Wildman–Crippen LogP) is 1.70. The highest BCUT2D eigenvalue weighted by Crippen LogP contribution is 2.46. The number of carbonyl (C=O) groups is 2. The van der Waals surface area contributed by atoms with Crippen LogP contribution in [0.25, 0.3) is 0 Å². The summed E-state index contributed by atoms with van der Waals surface area (Å²) >= 11 is 0. The minimum Gasteiger partial charge on any atom is -0.379 e. The van der Waals surface area contributed by atoms with Gasteiger partial charge in [0.1, 0.15) is 0 Å². The highest BCUT2D eigenvalue weighted by atomic mass is 16.5. The van der Waals surface area contributed by atoms with E-state index < -0.39 is 0 Å². The van der Waals surface area contributed by atoms with E-state index in [9.17, 15) is 9.59 Å². The van der Waals surface area contributed by atoms with Gasteiger partial charge in [0.25, 0.3) is 0 Å². The number of benzene rings is 1. The summed E-state index contributed by atoms with van der Waals surface area (Å²) in [7, 11) is 0. The molecule has 3 aliphatic heterocycles. The van der Waals surface area contributed by atoms with Gasteiger partial charge in [-0.1, -0.05) is 30.3 Å². The van der Waals surface area contributed by atoms with Gasteiger partial charge in [0.05, 0.1) is 24.7 Å². The molecule has 0 saturated carbocycles. The summed E-state index contributed by atoms with van der Waals surface area (Å²) in [6.45, 7) is 6.93. The molecule has 24 heavy (non-hydrogen) atoms. The Morgan fingerprint density at radius 2 is 1.83 bits per heavy atom. The topological polar surface area (TPSA) is 49.9 Å². The fraction of sp³-hybridized carbons (Fsp3) is 0.579. The third-order valence-electron chi connectivity index (χ3n) is 5.85. The first-order valence-corrected chi connectivity index (χ1v) is 8.69. The van der Waals surface area contributed by atoms with Crippen LogP contribution in [-0.2, 0) is 14.3 Å². The van der Waals surface area contributed by atoms with Crippen LogP contribution in [0.2, 0.25) is 0 Å². The van der Waals surface area contributed by atoms with E-state index in [1.54, 1.807) is 6.92 Å². The van der Waals surface area contributed by atoms with E-state index >= 15 is 0 Å². The summed E-state index contributed by atoms with van der Waals surface area (Å²) in [5, 5.41) is 0. The van der Waals surface area contributed by atoms with E-state index in [0.29, 0.717) is 25.0 Å². The van der Waals surface area contributed by atoms with Crippen LogP contribution in [0, 0.1) is 17.3 Å². The van der Waals surface area contributed by atoms with Gasteiger partial charge in [0, 0.05) is 38.4 Å². The fourth-order valence-electron chi connectivity index (χ4n) is 4.53. The standard InChI is InChI=1S/C19H24N2O3/c1-13(22)21-9-15-8-20(18(23)19(2)11-24-12-19)10-16(15)17(21)14-6-4-3-5-7-14/h3-7,15-17H,8-12H2,1-2H3/t15-,16-,17-/m1/s1. The lowest BCUT2D eigenvalue weighted by Crippen LogP contribution is -2.53. The number of hydrogen-bond acceptors (Lipinski definition) is 3. The SMILES string of the molecule is CC(=O)N1C[C@H]2CN(C(=O)C3(C)COC3)C[C@H]2[C@H]1c1ccccc1. The van der Waals surface area contributed by atoms with Crippen LogP contribution in [0.3, 0.4) is 0 Å². The molecule has 0 aliphatic carbocycles. The molecule has 0 N–H and O–H groups in total. The van der Waals surface area contributed by atoms with Gasteiger partial charge in [-0.05, 0) is 12.5 Å². The second-order valence-corrected chi connectivity index (χ2v) is 7.71. The molecular formula is C19H24N2O3. The van der Waals surface area contributed by atoms with Gasteiger partial charge in [-0.2, -0.15) is 0 Å². The molecule has 5 heteroatoms. The second-order valence-electron chi connectivity index (χ2n) is 7.71. The van der Waals surface area contributed by atoms with Crippen LogP contribution in [0.15, 0.2) is 30.3 Å². The lowest BCUT2D eigenvalue weighted by Gasteiger charge is -2.40. The number of ether oxygens (including phenoxy) is 1. The maximum Gasteiger partial charge on any atom is 0.233 e. The summed E-state index contributed by atoms with van der Waals surface area (Å²) in [6, 6.07) is 10.3. The zero-order valence-electron chi connectivity index (χ0n) is 14.3. The summed E-state index contributed by atoms with van der Waals surface area (Å²) in [6.07, 6.45) is 0. The first-order valence-electron chi connectivity index (χ1n) is 8.69. The molecule has 0 radical (unpaired) electrons. The van der Waals surface area contributed by atoms with Crippen molar-refractivity contribution in [1.82, 2.24) is 9.80 Å². The molecule has 0 spiro atoms. The van der Waals surface area contributed by atoms with Crippen molar-refractivity contribution in [3.8, 4) is 0 Å². The molecule has 5 nitrogen and oxygen atoms in total. The fourth-order valence-corrected chi connectivity index (χ4v) is 4.53. The third kappa shape index (κ3) is 2.34. The van der Waals surface area contributed by atoms with Crippen LogP contribution >= 0.6 is 0 Å². The van der Waals surface area contributed by atoms with Crippen molar-refractivity contribution < 1.29 is 14.3 Å². The summed E-state index contributed by atoms with van der Waals surface area (Å²) < 4.78 is 5.25. The highest BCUT2D eigenvalue weighted by Gasteiger charge is 2.52. The van der Waals surface area contributed by atoms with Gasteiger partial charge in [0.15, 0.2) is 0 Å². The average molecular weight is 328 g/mol. The van der Waals surface area contributed by atoms with E-state index in [4.69, 9.17) is 4.74 Å². The maximum atomic E-state index is 12.8. The Morgan fingerprint density at radius 3 is 2.42 bits per heavy atom. The van der Waals surface area contributed by atoms with Crippen molar-refractivity contribution in [2.24, 2.45) is 17.3 Å². The molecule has 1 aromatic rings. The van der Waals surface area contributed by atoms with Gasteiger partial charge in [-0.25, -0.2) is 0 Å². The molecule has 3 heterocycles. The largest absolute Gasteiger partial charge is 0.379 e. The van der Waals surface area contributed by atoms with Gasteiger partial charge in [0.2, 0.25) is 11.8 Å². The summed E-state index contributed by atoms with van der Waals surface area (Å²) in [5.41, 5.74) is 0.828. The monoisotopic (exact) mass is 328 g/mol. The Morgan fingerprint density at radius 1 is 1.12 bits per heavy atom. The predicted molar refractivity (Wildman–Crippen MR) is 89.1 cm³/mol.